The maximum absolute atomic E-state index is 14.0. The lowest BCUT2D eigenvalue weighted by Gasteiger charge is -2.41. The molecule has 0 unspecified atom stereocenters. The fourth-order valence-corrected chi connectivity index (χ4v) is 2.95. The fraction of sp³-hybridized carbons (Fsp3) is 0.870. The molecule has 0 aromatic carbocycles. The van der Waals surface area contributed by atoms with Gasteiger partial charge in [0.25, 0.3) is 0 Å². The molecule has 0 aliphatic rings. The first-order chi connectivity index (χ1) is 17.9. The summed E-state index contributed by atoms with van der Waals surface area (Å²) >= 11 is 0. The van der Waals surface area contributed by atoms with Crippen molar-refractivity contribution >= 4 is 5.97 Å². The second-order valence-electron chi connectivity index (χ2n) is 9.63. The van der Waals surface area contributed by atoms with E-state index >= 15 is 0 Å². The van der Waals surface area contributed by atoms with Gasteiger partial charge in [-0.3, -0.25) is 0 Å². The molecule has 17 heteroatoms. The van der Waals surface area contributed by atoms with Gasteiger partial charge in [-0.25, -0.2) is 4.79 Å². The van der Waals surface area contributed by atoms with E-state index in [4.69, 9.17) is 14.9 Å². The van der Waals surface area contributed by atoms with E-state index in [1.165, 1.54) is 13.8 Å². The summed E-state index contributed by atoms with van der Waals surface area (Å²) in [6.45, 7) is 2.96. The number of hydrogen-bond donors (Lipinski definition) is 2. The number of aliphatic hydroxyl groups excluding tert-OH is 2. The van der Waals surface area contributed by atoms with Gasteiger partial charge in [0.15, 0.2) is 0 Å². The van der Waals surface area contributed by atoms with Gasteiger partial charge in [0.05, 0.1) is 38.6 Å². The quantitative estimate of drug-likeness (QED) is 0.0731. The van der Waals surface area contributed by atoms with Crippen LogP contribution in [0.15, 0.2) is 12.2 Å². The molecule has 5 nitrogen and oxygen atoms in total. The number of alkyl halides is 12. The van der Waals surface area contributed by atoms with E-state index in [1.54, 1.807) is 0 Å². The van der Waals surface area contributed by atoms with Crippen molar-refractivity contribution in [2.75, 3.05) is 33.0 Å². The largest absolute Gasteiger partial charge is 0.462 e. The first-order valence-electron chi connectivity index (χ1n) is 11.9. The van der Waals surface area contributed by atoms with Gasteiger partial charge in [0.1, 0.15) is 0 Å². The van der Waals surface area contributed by atoms with Crippen LogP contribution in [0.1, 0.15) is 52.4 Å². The molecule has 0 amide bonds. The number of rotatable bonds is 20. The van der Waals surface area contributed by atoms with Crippen LogP contribution in [0.25, 0.3) is 0 Å². The maximum atomic E-state index is 14.0. The van der Waals surface area contributed by atoms with Crippen LogP contribution in [0, 0.1) is 5.41 Å². The molecule has 40 heavy (non-hydrogen) atoms. The molecule has 0 saturated carbocycles. The Morgan fingerprint density at radius 2 is 1.15 bits per heavy atom. The van der Waals surface area contributed by atoms with Crippen molar-refractivity contribution < 1.29 is 77.2 Å². The SMILES string of the molecule is C=C(COCC(C)(CO)CO)C(=O)OCCCC(F)(F)C(F)(F)C(F)(F)C(F)(F)C(F)(F)C(F)(F)CCCCC. The molecule has 2 N–H and O–H groups in total. The van der Waals surface area contributed by atoms with Crippen molar-refractivity contribution in [3.8, 4) is 0 Å². The highest BCUT2D eigenvalue weighted by molar-refractivity contribution is 5.87. The minimum Gasteiger partial charge on any atom is -0.462 e. The van der Waals surface area contributed by atoms with Crippen molar-refractivity contribution in [2.24, 2.45) is 5.41 Å². The van der Waals surface area contributed by atoms with E-state index in [9.17, 15) is 57.5 Å². The number of halogens is 12. The number of aliphatic hydroxyl groups is 2. The number of unbranched alkanes of at least 4 members (excludes halogenated alkanes) is 2. The number of hydrogen-bond acceptors (Lipinski definition) is 5. The van der Waals surface area contributed by atoms with Crippen molar-refractivity contribution in [3.63, 3.8) is 0 Å². The Labute approximate surface area is 222 Å². The highest BCUT2D eigenvalue weighted by Gasteiger charge is 2.89. The molecule has 0 bridgehead atoms. The lowest BCUT2D eigenvalue weighted by atomic mass is 9.88. The standard InChI is InChI=1S/C23H32F12O5/c1-4-5-6-8-18(24,25)20(28,29)22(32,33)23(34,35)21(30,31)19(26,27)9-7-10-40-16(38)15(2)11-39-14-17(3,12-36)13-37/h36-37H,2,4-14H2,1,3H3. The second-order valence-corrected chi connectivity index (χ2v) is 9.63. The first kappa shape index (κ1) is 38.2. The lowest BCUT2D eigenvalue weighted by molar-refractivity contribution is -0.425. The Hall–Kier alpha value is -1.75. The molecular weight excluding hydrogens is 584 g/mol. The third-order valence-corrected chi connectivity index (χ3v) is 5.84. The summed E-state index contributed by atoms with van der Waals surface area (Å²) < 4.78 is 176. The lowest BCUT2D eigenvalue weighted by Crippen LogP contribution is -2.70. The number of carbonyl (C=O) groups excluding carboxylic acids is 1. The minimum atomic E-state index is -7.64. The van der Waals surface area contributed by atoms with Crippen molar-refractivity contribution in [1.29, 1.82) is 0 Å². The van der Waals surface area contributed by atoms with Gasteiger partial charge in [-0.15, -0.1) is 0 Å². The van der Waals surface area contributed by atoms with E-state index in [2.05, 4.69) is 11.3 Å². The monoisotopic (exact) mass is 616 g/mol. The highest BCUT2D eigenvalue weighted by Crippen LogP contribution is 2.61. The van der Waals surface area contributed by atoms with Gasteiger partial charge in [-0.05, 0) is 12.8 Å². The molecule has 0 aromatic rings. The predicted octanol–water partition coefficient (Wildman–Crippen LogP) is 6.27. The zero-order chi connectivity index (χ0) is 31.8. The van der Waals surface area contributed by atoms with Gasteiger partial charge < -0.3 is 19.7 Å². The third kappa shape index (κ3) is 8.17. The zero-order valence-corrected chi connectivity index (χ0v) is 21.6. The van der Waals surface area contributed by atoms with Gasteiger partial charge in [-0.2, -0.15) is 52.7 Å². The molecule has 0 atom stereocenters. The van der Waals surface area contributed by atoms with Crippen LogP contribution in [0.3, 0.4) is 0 Å². The molecule has 0 rings (SSSR count). The topological polar surface area (TPSA) is 76.0 Å². The summed E-state index contributed by atoms with van der Waals surface area (Å²) in [6.07, 6.45) is -6.84. The Kier molecular flexibility index (Phi) is 13.3. The molecule has 0 spiro atoms. The normalized spacial score (nSPS) is 14.4. The zero-order valence-electron chi connectivity index (χ0n) is 21.6. The second kappa shape index (κ2) is 13.9. The van der Waals surface area contributed by atoms with Crippen LogP contribution in [-0.4, -0.2) is 84.8 Å². The van der Waals surface area contributed by atoms with Crippen LogP contribution in [0.4, 0.5) is 52.7 Å². The van der Waals surface area contributed by atoms with Crippen LogP contribution in [0.5, 0.6) is 0 Å². The summed E-state index contributed by atoms with van der Waals surface area (Å²) in [6, 6.07) is 0. The Bertz CT molecular complexity index is 829. The van der Waals surface area contributed by atoms with E-state index in [1.807, 2.05) is 0 Å². The van der Waals surface area contributed by atoms with E-state index in [0.29, 0.717) is 0 Å². The Morgan fingerprint density at radius 1 is 0.725 bits per heavy atom. The summed E-state index contributed by atoms with van der Waals surface area (Å²) in [4.78, 5) is 11.7. The van der Waals surface area contributed by atoms with Crippen LogP contribution in [0.2, 0.25) is 0 Å². The van der Waals surface area contributed by atoms with Crippen molar-refractivity contribution in [3.05, 3.63) is 12.2 Å². The smallest absolute Gasteiger partial charge is 0.384 e. The van der Waals surface area contributed by atoms with Gasteiger partial charge in [0, 0.05) is 18.3 Å². The molecule has 0 aliphatic heterocycles. The molecule has 0 fully saturated rings. The number of carbonyl (C=O) groups is 1. The molecule has 0 heterocycles. The highest BCUT2D eigenvalue weighted by atomic mass is 19.4. The van der Waals surface area contributed by atoms with Gasteiger partial charge >= 0.3 is 41.5 Å². The Balaban J connectivity index is 5.33. The van der Waals surface area contributed by atoms with Crippen LogP contribution >= 0.6 is 0 Å². The predicted molar refractivity (Wildman–Crippen MR) is 116 cm³/mol. The fourth-order valence-electron chi connectivity index (χ4n) is 2.95. The summed E-state index contributed by atoms with van der Waals surface area (Å²) in [5.41, 5.74) is -1.57. The first-order valence-corrected chi connectivity index (χ1v) is 11.9. The van der Waals surface area contributed by atoms with E-state index in [-0.39, 0.29) is 19.4 Å². The van der Waals surface area contributed by atoms with Crippen molar-refractivity contribution in [2.45, 2.75) is 87.9 Å². The summed E-state index contributed by atoms with van der Waals surface area (Å²) in [5.74, 6) is -43.0. The van der Waals surface area contributed by atoms with E-state index in [0.717, 1.165) is 0 Å². The van der Waals surface area contributed by atoms with Gasteiger partial charge in [0.2, 0.25) is 0 Å². The third-order valence-electron chi connectivity index (χ3n) is 5.84. The average Bonchev–Trinajstić information content (AvgIpc) is 2.85. The van der Waals surface area contributed by atoms with Crippen molar-refractivity contribution in [1.82, 2.24) is 0 Å². The number of esters is 1. The number of ether oxygens (including phenoxy) is 2. The molecule has 0 radical (unpaired) electrons. The maximum Gasteiger partial charge on any atom is 0.384 e. The minimum absolute atomic E-state index is 0.116. The van der Waals surface area contributed by atoms with Crippen LogP contribution < -0.4 is 0 Å². The summed E-state index contributed by atoms with van der Waals surface area (Å²) in [7, 11) is 0. The molecular formula is C23H32F12O5. The molecule has 238 valence electrons. The van der Waals surface area contributed by atoms with Crippen LogP contribution in [-0.2, 0) is 14.3 Å². The van der Waals surface area contributed by atoms with E-state index < -0.39 is 105 Å². The molecule has 0 aliphatic carbocycles. The molecule has 0 aromatic heterocycles. The molecule has 0 saturated heterocycles. The van der Waals surface area contributed by atoms with Gasteiger partial charge in [-0.1, -0.05) is 33.3 Å². The Morgan fingerprint density at radius 3 is 1.55 bits per heavy atom. The summed E-state index contributed by atoms with van der Waals surface area (Å²) in [5, 5.41) is 18.2. The average molecular weight is 616 g/mol.